The van der Waals surface area contributed by atoms with Gasteiger partial charge in [-0.3, -0.25) is 9.80 Å². The highest BCUT2D eigenvalue weighted by Gasteiger charge is 2.25. The molecular formula is C26H36N4O3. The number of hydrogen-bond donors (Lipinski definition) is 2. The topological polar surface area (TPSA) is 80.1 Å². The number of rotatable bonds is 8. The number of anilines is 2. The first-order chi connectivity index (χ1) is 16.2. The van der Waals surface area contributed by atoms with Gasteiger partial charge in [-0.15, -0.1) is 0 Å². The number of para-hydroxylation sites is 1. The molecule has 2 aromatic rings. The number of urea groups is 1. The van der Waals surface area contributed by atoms with Crippen molar-refractivity contribution in [1.29, 1.82) is 0 Å². The molecule has 2 aromatic carbocycles. The van der Waals surface area contributed by atoms with Gasteiger partial charge in [0.25, 0.3) is 0 Å². The Hall–Kier alpha value is -2.61. The number of carbonyl (C=O) groups excluding carboxylic acids is 1. The van der Waals surface area contributed by atoms with Crippen LogP contribution in [0.3, 0.4) is 0 Å². The highest BCUT2D eigenvalue weighted by Crippen LogP contribution is 2.28. The molecule has 1 heterocycles. The Morgan fingerprint density at radius 1 is 1.12 bits per heavy atom. The first-order valence-electron chi connectivity index (χ1n) is 12.1. The summed E-state index contributed by atoms with van der Waals surface area (Å²) in [4.78, 5) is 17.5. The summed E-state index contributed by atoms with van der Waals surface area (Å²) < 4.78 is 11.5. The summed E-state index contributed by atoms with van der Waals surface area (Å²) in [5.74, 6) is 1.17. The lowest BCUT2D eigenvalue weighted by atomic mass is 9.86. The van der Waals surface area contributed by atoms with Crippen molar-refractivity contribution in [3.63, 3.8) is 0 Å². The van der Waals surface area contributed by atoms with Gasteiger partial charge in [-0.25, -0.2) is 4.79 Å². The summed E-state index contributed by atoms with van der Waals surface area (Å²) in [6.07, 6.45) is 4.23. The molecule has 0 bridgehead atoms. The predicted molar refractivity (Wildman–Crippen MR) is 132 cm³/mol. The summed E-state index contributed by atoms with van der Waals surface area (Å²) in [6.45, 7) is 5.57. The summed E-state index contributed by atoms with van der Waals surface area (Å²) in [5.41, 5.74) is 7.85. The summed E-state index contributed by atoms with van der Waals surface area (Å²) in [6, 6.07) is 17.5. The van der Waals surface area contributed by atoms with Crippen molar-refractivity contribution in [2.24, 2.45) is 11.7 Å². The van der Waals surface area contributed by atoms with Crippen LogP contribution < -0.4 is 20.7 Å². The Morgan fingerprint density at radius 2 is 1.94 bits per heavy atom. The molecule has 3 N–H and O–H groups in total. The smallest absolute Gasteiger partial charge is 0.326 e. The molecule has 7 heteroatoms. The Morgan fingerprint density at radius 3 is 2.73 bits per heavy atom. The van der Waals surface area contributed by atoms with Crippen LogP contribution in [0, 0.1) is 5.92 Å². The van der Waals surface area contributed by atoms with E-state index < -0.39 is 0 Å². The molecule has 0 spiro atoms. The van der Waals surface area contributed by atoms with Gasteiger partial charge in [0, 0.05) is 49.7 Å². The highest BCUT2D eigenvalue weighted by atomic mass is 16.5. The van der Waals surface area contributed by atoms with Gasteiger partial charge in [-0.05, 0) is 49.4 Å². The van der Waals surface area contributed by atoms with Crippen LogP contribution >= 0.6 is 0 Å². The lowest BCUT2D eigenvalue weighted by molar-refractivity contribution is 0.0322. The standard InChI is InChI=1S/C26H36N4O3/c27-22-7-4-6-21(18-22)20-30(26(31)28-23-8-2-1-3-9-23)24-10-5-11-25(19-24)33-17-14-29-12-15-32-16-13-29/h1-3,5,8-11,19,21-22H,4,6-7,12-18,20,27H2,(H,28,31). The van der Waals surface area contributed by atoms with Gasteiger partial charge in [-0.1, -0.05) is 30.7 Å². The molecule has 0 radical (unpaired) electrons. The number of nitrogens with two attached hydrogens (primary N) is 1. The molecule has 2 aliphatic rings. The van der Waals surface area contributed by atoms with Crippen LogP contribution in [-0.4, -0.2) is 63.0 Å². The second-order valence-corrected chi connectivity index (χ2v) is 9.00. The van der Waals surface area contributed by atoms with E-state index in [-0.39, 0.29) is 12.1 Å². The molecule has 1 saturated carbocycles. The second kappa shape index (κ2) is 12.0. The maximum Gasteiger partial charge on any atom is 0.326 e. The zero-order valence-corrected chi connectivity index (χ0v) is 19.3. The molecule has 2 fully saturated rings. The molecular weight excluding hydrogens is 416 g/mol. The minimum atomic E-state index is -0.134. The van der Waals surface area contributed by atoms with Gasteiger partial charge in [0.05, 0.1) is 13.2 Å². The van der Waals surface area contributed by atoms with Crippen LogP contribution in [0.1, 0.15) is 25.7 Å². The fourth-order valence-electron chi connectivity index (χ4n) is 4.63. The molecule has 1 saturated heterocycles. The maximum atomic E-state index is 13.3. The number of ether oxygens (including phenoxy) is 2. The number of morpholine rings is 1. The van der Waals surface area contributed by atoms with Crippen molar-refractivity contribution < 1.29 is 14.3 Å². The Balaban J connectivity index is 1.44. The number of nitrogens with one attached hydrogen (secondary N) is 1. The average molecular weight is 453 g/mol. The molecule has 4 rings (SSSR count). The van der Waals surface area contributed by atoms with Gasteiger partial charge in [0.1, 0.15) is 12.4 Å². The lowest BCUT2D eigenvalue weighted by Crippen LogP contribution is -2.41. The fraction of sp³-hybridized carbons (Fsp3) is 0.500. The van der Waals surface area contributed by atoms with Crippen LogP contribution in [0.25, 0.3) is 0 Å². The van der Waals surface area contributed by atoms with E-state index in [2.05, 4.69) is 10.2 Å². The molecule has 33 heavy (non-hydrogen) atoms. The van der Waals surface area contributed by atoms with Gasteiger partial charge in [-0.2, -0.15) is 0 Å². The molecule has 1 aliphatic heterocycles. The van der Waals surface area contributed by atoms with Crippen molar-refractivity contribution in [3.8, 4) is 5.75 Å². The third-order valence-corrected chi connectivity index (χ3v) is 6.44. The predicted octanol–water partition coefficient (Wildman–Crippen LogP) is 3.95. The summed E-state index contributed by atoms with van der Waals surface area (Å²) in [5, 5.41) is 3.04. The molecule has 2 atom stereocenters. The van der Waals surface area contributed by atoms with Crippen LogP contribution in [0.4, 0.5) is 16.2 Å². The van der Waals surface area contributed by atoms with E-state index >= 15 is 0 Å². The van der Waals surface area contributed by atoms with Crippen molar-refractivity contribution >= 4 is 17.4 Å². The molecule has 2 unspecified atom stereocenters. The maximum absolute atomic E-state index is 13.3. The van der Waals surface area contributed by atoms with Crippen LogP contribution in [-0.2, 0) is 4.74 Å². The number of amides is 2. The number of carbonyl (C=O) groups is 1. The van der Waals surface area contributed by atoms with Crippen molar-refractivity contribution in [1.82, 2.24) is 4.90 Å². The quantitative estimate of drug-likeness (QED) is 0.634. The van der Waals surface area contributed by atoms with Crippen LogP contribution in [0.15, 0.2) is 54.6 Å². The van der Waals surface area contributed by atoms with E-state index in [1.807, 2.05) is 59.5 Å². The van der Waals surface area contributed by atoms with E-state index in [1.54, 1.807) is 0 Å². The second-order valence-electron chi connectivity index (χ2n) is 9.00. The molecule has 7 nitrogen and oxygen atoms in total. The lowest BCUT2D eigenvalue weighted by Gasteiger charge is -2.32. The fourth-order valence-corrected chi connectivity index (χ4v) is 4.63. The van der Waals surface area contributed by atoms with Crippen LogP contribution in [0.2, 0.25) is 0 Å². The zero-order chi connectivity index (χ0) is 22.9. The van der Waals surface area contributed by atoms with Gasteiger partial charge in [0.2, 0.25) is 0 Å². The molecule has 178 valence electrons. The SMILES string of the molecule is NC1CCCC(CN(C(=O)Nc2ccccc2)c2cccc(OCCN3CCOCC3)c2)C1. The Bertz CT molecular complexity index is 873. The number of hydrogen-bond acceptors (Lipinski definition) is 5. The van der Waals surface area contributed by atoms with E-state index in [0.717, 1.165) is 75.7 Å². The third kappa shape index (κ3) is 7.19. The highest BCUT2D eigenvalue weighted by molar-refractivity contribution is 6.01. The summed E-state index contributed by atoms with van der Waals surface area (Å²) >= 11 is 0. The largest absolute Gasteiger partial charge is 0.492 e. The first kappa shape index (κ1) is 23.5. The Kier molecular flexibility index (Phi) is 8.58. The van der Waals surface area contributed by atoms with Crippen molar-refractivity contribution in [3.05, 3.63) is 54.6 Å². The average Bonchev–Trinajstić information content (AvgIpc) is 2.84. The first-order valence-corrected chi connectivity index (χ1v) is 12.1. The van der Waals surface area contributed by atoms with Crippen molar-refractivity contribution in [2.45, 2.75) is 31.7 Å². The minimum absolute atomic E-state index is 0.134. The van der Waals surface area contributed by atoms with Gasteiger partial charge in [0.15, 0.2) is 0 Å². The summed E-state index contributed by atoms with van der Waals surface area (Å²) in [7, 11) is 0. The van der Waals surface area contributed by atoms with Gasteiger partial charge >= 0.3 is 6.03 Å². The van der Waals surface area contributed by atoms with E-state index in [0.29, 0.717) is 19.1 Å². The zero-order valence-electron chi connectivity index (χ0n) is 19.3. The van der Waals surface area contributed by atoms with E-state index in [9.17, 15) is 4.79 Å². The third-order valence-electron chi connectivity index (χ3n) is 6.44. The van der Waals surface area contributed by atoms with E-state index in [4.69, 9.17) is 15.2 Å². The minimum Gasteiger partial charge on any atom is -0.492 e. The van der Waals surface area contributed by atoms with E-state index in [1.165, 1.54) is 0 Å². The molecule has 1 aliphatic carbocycles. The molecule has 2 amide bonds. The Labute approximate surface area is 196 Å². The molecule has 0 aromatic heterocycles. The monoisotopic (exact) mass is 452 g/mol. The van der Waals surface area contributed by atoms with Crippen LogP contribution in [0.5, 0.6) is 5.75 Å². The normalized spacial score (nSPS) is 21.4. The van der Waals surface area contributed by atoms with Crippen molar-refractivity contribution in [2.75, 3.05) is 56.2 Å². The number of nitrogens with zero attached hydrogens (tertiary/aromatic N) is 2. The number of benzene rings is 2. The van der Waals surface area contributed by atoms with Gasteiger partial charge < -0.3 is 20.5 Å².